The van der Waals surface area contributed by atoms with Crippen molar-refractivity contribution in [3.8, 4) is 5.75 Å². The fraction of sp³-hybridized carbons (Fsp3) is 0.500. The summed E-state index contributed by atoms with van der Waals surface area (Å²) in [5, 5.41) is 0. The summed E-state index contributed by atoms with van der Waals surface area (Å²) in [7, 11) is 0. The summed E-state index contributed by atoms with van der Waals surface area (Å²) < 4.78 is 12.3. The van der Waals surface area contributed by atoms with E-state index in [0.29, 0.717) is 12.5 Å². The van der Waals surface area contributed by atoms with Gasteiger partial charge in [0.25, 0.3) is 0 Å². The normalized spacial score (nSPS) is 20.0. The van der Waals surface area contributed by atoms with Gasteiger partial charge < -0.3 is 9.47 Å². The predicted molar refractivity (Wildman–Crippen MR) is 68.2 cm³/mol. The molecule has 1 aromatic rings. The lowest BCUT2D eigenvalue weighted by Gasteiger charge is -2.13. The summed E-state index contributed by atoms with van der Waals surface area (Å²) >= 11 is 9.28. The second-order valence-corrected chi connectivity index (χ2v) is 5.01. The summed E-state index contributed by atoms with van der Waals surface area (Å²) in [5.74, 6) is 1.31. The van der Waals surface area contributed by atoms with Crippen molar-refractivity contribution >= 4 is 27.5 Å². The van der Waals surface area contributed by atoms with E-state index in [9.17, 15) is 0 Å². The zero-order valence-corrected chi connectivity index (χ0v) is 11.3. The summed E-state index contributed by atoms with van der Waals surface area (Å²) in [6, 6.07) is 5.88. The maximum Gasteiger partial charge on any atom is 0.123 e. The zero-order chi connectivity index (χ0) is 11.4. The quantitative estimate of drug-likeness (QED) is 0.789. The van der Waals surface area contributed by atoms with Gasteiger partial charge in [0.15, 0.2) is 0 Å². The van der Waals surface area contributed by atoms with Gasteiger partial charge in [-0.25, -0.2) is 0 Å². The van der Waals surface area contributed by atoms with Gasteiger partial charge in [0.05, 0.1) is 12.0 Å². The van der Waals surface area contributed by atoms with Crippen LogP contribution in [-0.4, -0.2) is 19.3 Å². The molecule has 0 aromatic heterocycles. The Balaban J connectivity index is 1.97. The minimum atomic E-state index is 0.242. The molecule has 0 aliphatic carbocycles. The molecule has 1 heterocycles. The fourth-order valence-electron chi connectivity index (χ4n) is 1.75. The van der Waals surface area contributed by atoms with Gasteiger partial charge >= 0.3 is 0 Å². The van der Waals surface area contributed by atoms with Crippen molar-refractivity contribution < 1.29 is 9.47 Å². The molecule has 4 heteroatoms. The van der Waals surface area contributed by atoms with Gasteiger partial charge in [0.1, 0.15) is 12.4 Å². The molecule has 1 aliphatic rings. The third-order valence-electron chi connectivity index (χ3n) is 2.62. The summed E-state index contributed by atoms with van der Waals surface area (Å²) in [5.41, 5.74) is 1.01. The molecule has 2 rings (SSSR count). The zero-order valence-electron chi connectivity index (χ0n) is 8.92. The average molecular weight is 306 g/mol. The second kappa shape index (κ2) is 5.89. The summed E-state index contributed by atoms with van der Waals surface area (Å²) in [6.07, 6.45) is 2.47. The van der Waals surface area contributed by atoms with Crippen LogP contribution in [0.25, 0.3) is 0 Å². The number of alkyl halides is 1. The first-order valence-electron chi connectivity index (χ1n) is 5.38. The van der Waals surface area contributed by atoms with Crippen LogP contribution in [0.5, 0.6) is 5.75 Å². The van der Waals surface area contributed by atoms with Crippen molar-refractivity contribution in [1.29, 1.82) is 0 Å². The molecule has 16 heavy (non-hydrogen) atoms. The first-order chi connectivity index (χ1) is 7.79. The van der Waals surface area contributed by atoms with Gasteiger partial charge in [-0.3, -0.25) is 0 Å². The largest absolute Gasteiger partial charge is 0.491 e. The van der Waals surface area contributed by atoms with Crippen LogP contribution < -0.4 is 4.74 Å². The lowest BCUT2D eigenvalue weighted by Crippen LogP contribution is -2.16. The van der Waals surface area contributed by atoms with Crippen molar-refractivity contribution in [3.05, 3.63) is 28.2 Å². The maximum absolute atomic E-state index is 5.87. The van der Waals surface area contributed by atoms with Crippen LogP contribution >= 0.6 is 27.5 Å². The molecule has 1 unspecified atom stereocenters. The Morgan fingerprint density at radius 2 is 2.38 bits per heavy atom. The van der Waals surface area contributed by atoms with Gasteiger partial charge in [0.2, 0.25) is 0 Å². The third kappa shape index (κ3) is 3.12. The van der Waals surface area contributed by atoms with E-state index in [2.05, 4.69) is 15.9 Å². The SMILES string of the molecule is ClCc1cc(Br)ccc1OCC1CCCO1. The Kier molecular flexibility index (Phi) is 4.50. The van der Waals surface area contributed by atoms with Crippen LogP contribution in [-0.2, 0) is 10.6 Å². The Hall–Kier alpha value is -0.250. The van der Waals surface area contributed by atoms with Gasteiger partial charge in [-0.05, 0) is 31.0 Å². The molecule has 0 amide bonds. The molecule has 0 radical (unpaired) electrons. The number of benzene rings is 1. The van der Waals surface area contributed by atoms with Crippen molar-refractivity contribution in [2.45, 2.75) is 24.8 Å². The van der Waals surface area contributed by atoms with Crippen LogP contribution in [0.3, 0.4) is 0 Å². The molecule has 1 aromatic carbocycles. The molecule has 0 saturated carbocycles. The topological polar surface area (TPSA) is 18.5 Å². The third-order valence-corrected chi connectivity index (χ3v) is 3.40. The average Bonchev–Trinajstić information content (AvgIpc) is 2.80. The molecule has 1 saturated heterocycles. The van der Waals surface area contributed by atoms with Crippen LogP contribution in [0, 0.1) is 0 Å². The molecule has 1 aliphatic heterocycles. The standard InChI is InChI=1S/C12H14BrClO2/c13-10-3-4-12(9(6-10)7-14)16-8-11-2-1-5-15-11/h3-4,6,11H,1-2,5,7-8H2. The van der Waals surface area contributed by atoms with Crippen molar-refractivity contribution in [2.24, 2.45) is 0 Å². The maximum atomic E-state index is 5.87. The lowest BCUT2D eigenvalue weighted by atomic mass is 10.2. The van der Waals surface area contributed by atoms with Gasteiger partial charge in [0, 0.05) is 16.6 Å². The smallest absolute Gasteiger partial charge is 0.123 e. The number of hydrogen-bond donors (Lipinski definition) is 0. The number of hydrogen-bond acceptors (Lipinski definition) is 2. The molecular formula is C12H14BrClO2. The van der Waals surface area contributed by atoms with E-state index in [1.807, 2.05) is 18.2 Å². The number of rotatable bonds is 4. The molecule has 0 spiro atoms. The highest BCUT2D eigenvalue weighted by Gasteiger charge is 2.16. The van der Waals surface area contributed by atoms with E-state index in [4.69, 9.17) is 21.1 Å². The lowest BCUT2D eigenvalue weighted by molar-refractivity contribution is 0.0677. The highest BCUT2D eigenvalue weighted by molar-refractivity contribution is 9.10. The monoisotopic (exact) mass is 304 g/mol. The first kappa shape index (κ1) is 12.2. The van der Waals surface area contributed by atoms with E-state index in [-0.39, 0.29) is 6.10 Å². The number of halogens is 2. The Morgan fingerprint density at radius 1 is 1.50 bits per heavy atom. The van der Waals surface area contributed by atoms with Crippen molar-refractivity contribution in [2.75, 3.05) is 13.2 Å². The Bertz CT molecular complexity index is 351. The highest BCUT2D eigenvalue weighted by atomic mass is 79.9. The fourth-order valence-corrected chi connectivity index (χ4v) is 2.37. The summed E-state index contributed by atoms with van der Waals surface area (Å²) in [4.78, 5) is 0. The van der Waals surface area contributed by atoms with Crippen molar-refractivity contribution in [1.82, 2.24) is 0 Å². The van der Waals surface area contributed by atoms with E-state index >= 15 is 0 Å². The van der Waals surface area contributed by atoms with Crippen molar-refractivity contribution in [3.63, 3.8) is 0 Å². The minimum Gasteiger partial charge on any atom is -0.491 e. The van der Waals surface area contributed by atoms with Gasteiger partial charge in [-0.2, -0.15) is 0 Å². The second-order valence-electron chi connectivity index (χ2n) is 3.83. The van der Waals surface area contributed by atoms with Crippen LogP contribution in [0.15, 0.2) is 22.7 Å². The van der Waals surface area contributed by atoms with Crippen LogP contribution in [0.1, 0.15) is 18.4 Å². The molecule has 2 nitrogen and oxygen atoms in total. The number of ether oxygens (including phenoxy) is 2. The molecule has 0 N–H and O–H groups in total. The molecule has 1 atom stereocenters. The van der Waals surface area contributed by atoms with Gasteiger partial charge in [-0.15, -0.1) is 11.6 Å². The summed E-state index contributed by atoms with van der Waals surface area (Å²) in [6.45, 7) is 1.47. The molecular weight excluding hydrogens is 291 g/mol. The predicted octanol–water partition coefficient (Wildman–Crippen LogP) is 3.75. The van der Waals surface area contributed by atoms with E-state index < -0.39 is 0 Å². The van der Waals surface area contributed by atoms with E-state index in [1.54, 1.807) is 0 Å². The molecule has 1 fully saturated rings. The Morgan fingerprint density at radius 3 is 3.06 bits per heavy atom. The van der Waals surface area contributed by atoms with E-state index in [0.717, 1.165) is 35.2 Å². The molecule has 0 bridgehead atoms. The first-order valence-corrected chi connectivity index (χ1v) is 6.71. The van der Waals surface area contributed by atoms with Crippen LogP contribution in [0.2, 0.25) is 0 Å². The van der Waals surface area contributed by atoms with Gasteiger partial charge in [-0.1, -0.05) is 15.9 Å². The Labute approximate surface area is 109 Å². The van der Waals surface area contributed by atoms with E-state index in [1.165, 1.54) is 0 Å². The minimum absolute atomic E-state index is 0.242. The van der Waals surface area contributed by atoms with Crippen LogP contribution in [0.4, 0.5) is 0 Å². The molecule has 88 valence electrons. The highest BCUT2D eigenvalue weighted by Crippen LogP contribution is 2.25.